The Morgan fingerprint density at radius 1 is 1.12 bits per heavy atom. The molecule has 2 aromatic rings. The number of nitrogens with two attached hydrogens (primary N) is 1. The molecule has 1 unspecified atom stereocenters. The average molecular weight is 364 g/mol. The third kappa shape index (κ3) is 4.69. The van der Waals surface area contributed by atoms with E-state index in [2.05, 4.69) is 5.32 Å². The second-order valence-corrected chi connectivity index (χ2v) is 5.49. The third-order valence-corrected chi connectivity index (χ3v) is 3.59. The van der Waals surface area contributed by atoms with Crippen molar-refractivity contribution in [1.29, 1.82) is 0 Å². The summed E-state index contributed by atoms with van der Waals surface area (Å²) < 4.78 is 36.7. The first kappa shape index (κ1) is 19.2. The Balaban J connectivity index is 2.13. The Morgan fingerprint density at radius 3 is 2.46 bits per heavy atom. The van der Waals surface area contributed by atoms with Crippen LogP contribution in [0.25, 0.3) is 0 Å². The van der Waals surface area contributed by atoms with Crippen LogP contribution in [-0.4, -0.2) is 25.5 Å². The Hall–Kier alpha value is -3.16. The molecule has 0 bridgehead atoms. The fourth-order valence-corrected chi connectivity index (χ4v) is 2.22. The number of methoxy groups -OCH3 is 1. The largest absolute Gasteiger partial charge is 0.493 e. The first-order valence-electron chi connectivity index (χ1n) is 7.66. The van der Waals surface area contributed by atoms with Gasteiger partial charge < -0.3 is 20.5 Å². The van der Waals surface area contributed by atoms with Crippen molar-refractivity contribution in [3.05, 3.63) is 59.2 Å². The van der Waals surface area contributed by atoms with Crippen molar-refractivity contribution in [3.8, 4) is 11.5 Å². The maximum absolute atomic E-state index is 13.3. The second-order valence-electron chi connectivity index (χ2n) is 5.49. The molecule has 2 rings (SSSR count). The molecule has 0 aliphatic heterocycles. The van der Waals surface area contributed by atoms with Crippen molar-refractivity contribution in [3.63, 3.8) is 0 Å². The van der Waals surface area contributed by atoms with E-state index in [1.54, 1.807) is 6.92 Å². The average Bonchev–Trinajstić information content (AvgIpc) is 2.61. The molecule has 0 spiro atoms. The normalized spacial score (nSPS) is 11.5. The summed E-state index contributed by atoms with van der Waals surface area (Å²) in [6, 6.07) is 7.26. The molecule has 3 N–H and O–H groups in total. The van der Waals surface area contributed by atoms with Crippen molar-refractivity contribution in [2.75, 3.05) is 13.7 Å². The van der Waals surface area contributed by atoms with Gasteiger partial charge in [-0.05, 0) is 42.8 Å². The van der Waals surface area contributed by atoms with Gasteiger partial charge in [0.25, 0.3) is 11.8 Å². The Bertz CT molecular complexity index is 827. The standard InChI is InChI=1S/C18H18F2N2O4/c1-10(11-3-5-13(19)14(20)7-11)22-18(24)12-4-6-15(16(8-12)25-2)26-9-17(21)23/h3-8,10H,9H2,1-2H3,(H2,21,23)(H,22,24). The number of ether oxygens (including phenoxy) is 2. The zero-order chi connectivity index (χ0) is 19.3. The highest BCUT2D eigenvalue weighted by Gasteiger charge is 2.16. The van der Waals surface area contributed by atoms with E-state index in [0.29, 0.717) is 5.56 Å². The topological polar surface area (TPSA) is 90.7 Å². The van der Waals surface area contributed by atoms with Crippen molar-refractivity contribution in [1.82, 2.24) is 5.32 Å². The van der Waals surface area contributed by atoms with Crippen molar-refractivity contribution in [2.24, 2.45) is 5.73 Å². The fraction of sp³-hybridized carbons (Fsp3) is 0.222. The summed E-state index contributed by atoms with van der Waals surface area (Å²) in [6.07, 6.45) is 0. The third-order valence-electron chi connectivity index (χ3n) is 3.59. The molecular formula is C18H18F2N2O4. The number of rotatable bonds is 7. The van der Waals surface area contributed by atoms with Gasteiger partial charge in [-0.15, -0.1) is 0 Å². The number of carbonyl (C=O) groups is 2. The SMILES string of the molecule is COc1cc(C(=O)NC(C)c2ccc(F)c(F)c2)ccc1OCC(N)=O. The number of primary amides is 1. The molecule has 0 aliphatic carbocycles. The molecule has 138 valence electrons. The van der Waals surface area contributed by atoms with Crippen LogP contribution < -0.4 is 20.5 Å². The van der Waals surface area contributed by atoms with Gasteiger partial charge in [-0.3, -0.25) is 9.59 Å². The van der Waals surface area contributed by atoms with Gasteiger partial charge in [0.05, 0.1) is 13.2 Å². The highest BCUT2D eigenvalue weighted by atomic mass is 19.2. The molecule has 0 saturated heterocycles. The smallest absolute Gasteiger partial charge is 0.255 e. The molecule has 0 fully saturated rings. The van der Waals surface area contributed by atoms with Crippen molar-refractivity contribution >= 4 is 11.8 Å². The number of hydrogen-bond acceptors (Lipinski definition) is 4. The Labute approximate surface area is 148 Å². The van der Waals surface area contributed by atoms with E-state index < -0.39 is 29.5 Å². The van der Waals surface area contributed by atoms with Crippen LogP contribution in [0.4, 0.5) is 8.78 Å². The molecule has 26 heavy (non-hydrogen) atoms. The minimum atomic E-state index is -0.985. The van der Waals surface area contributed by atoms with E-state index in [1.165, 1.54) is 31.4 Å². The van der Waals surface area contributed by atoms with E-state index in [0.717, 1.165) is 12.1 Å². The highest BCUT2D eigenvalue weighted by molar-refractivity contribution is 5.95. The van der Waals surface area contributed by atoms with Gasteiger partial charge in [-0.2, -0.15) is 0 Å². The summed E-state index contributed by atoms with van der Waals surface area (Å²) in [7, 11) is 1.39. The lowest BCUT2D eigenvalue weighted by Crippen LogP contribution is -2.26. The van der Waals surface area contributed by atoms with Gasteiger partial charge in [-0.25, -0.2) is 8.78 Å². The van der Waals surface area contributed by atoms with E-state index in [-0.39, 0.29) is 23.7 Å². The summed E-state index contributed by atoms with van der Waals surface area (Å²) >= 11 is 0. The van der Waals surface area contributed by atoms with Crippen LogP contribution in [0.15, 0.2) is 36.4 Å². The summed E-state index contributed by atoms with van der Waals surface area (Å²) in [5, 5.41) is 2.68. The monoisotopic (exact) mass is 364 g/mol. The first-order chi connectivity index (χ1) is 12.3. The quantitative estimate of drug-likeness (QED) is 0.789. The molecule has 6 nitrogen and oxygen atoms in total. The number of hydrogen-bond donors (Lipinski definition) is 2. The van der Waals surface area contributed by atoms with Crippen molar-refractivity contribution < 1.29 is 27.8 Å². The second kappa shape index (κ2) is 8.28. The summed E-state index contributed by atoms with van der Waals surface area (Å²) in [5.41, 5.74) is 5.71. The summed E-state index contributed by atoms with van der Waals surface area (Å²) in [6.45, 7) is 1.32. The molecule has 0 saturated carbocycles. The molecule has 0 heterocycles. The predicted molar refractivity (Wildman–Crippen MR) is 89.9 cm³/mol. The first-order valence-corrected chi connectivity index (χ1v) is 7.66. The molecule has 0 radical (unpaired) electrons. The van der Waals surface area contributed by atoms with Crippen LogP contribution >= 0.6 is 0 Å². The molecule has 0 aromatic heterocycles. The lowest BCUT2D eigenvalue weighted by atomic mass is 10.1. The van der Waals surface area contributed by atoms with Crippen molar-refractivity contribution in [2.45, 2.75) is 13.0 Å². The van der Waals surface area contributed by atoms with Crippen LogP contribution in [-0.2, 0) is 4.79 Å². The van der Waals surface area contributed by atoms with E-state index in [9.17, 15) is 18.4 Å². The predicted octanol–water partition coefficient (Wildman–Crippen LogP) is 2.33. The molecule has 2 aromatic carbocycles. The Kier molecular flexibility index (Phi) is 6.11. The maximum atomic E-state index is 13.3. The van der Waals surface area contributed by atoms with Gasteiger partial charge in [0.2, 0.25) is 0 Å². The van der Waals surface area contributed by atoms with Gasteiger partial charge in [0.15, 0.2) is 29.7 Å². The minimum absolute atomic E-state index is 0.249. The number of nitrogens with one attached hydrogen (secondary N) is 1. The fourth-order valence-electron chi connectivity index (χ4n) is 2.22. The highest BCUT2D eigenvalue weighted by Crippen LogP contribution is 2.28. The molecular weight excluding hydrogens is 346 g/mol. The molecule has 1 atom stereocenters. The minimum Gasteiger partial charge on any atom is -0.493 e. The number of benzene rings is 2. The van der Waals surface area contributed by atoms with Gasteiger partial charge in [-0.1, -0.05) is 6.07 Å². The molecule has 2 amide bonds. The van der Waals surface area contributed by atoms with Crippen LogP contribution in [0.1, 0.15) is 28.9 Å². The Morgan fingerprint density at radius 2 is 1.85 bits per heavy atom. The van der Waals surface area contributed by atoms with E-state index in [1.807, 2.05) is 0 Å². The van der Waals surface area contributed by atoms with E-state index >= 15 is 0 Å². The maximum Gasteiger partial charge on any atom is 0.255 e. The lowest BCUT2D eigenvalue weighted by molar-refractivity contribution is -0.119. The van der Waals surface area contributed by atoms with Gasteiger partial charge in [0.1, 0.15) is 0 Å². The molecule has 8 heteroatoms. The van der Waals surface area contributed by atoms with Gasteiger partial charge >= 0.3 is 0 Å². The number of halogens is 2. The van der Waals surface area contributed by atoms with Crippen LogP contribution in [0, 0.1) is 11.6 Å². The summed E-state index contributed by atoms with van der Waals surface area (Å²) in [4.78, 5) is 23.2. The van der Waals surface area contributed by atoms with Gasteiger partial charge in [0, 0.05) is 5.56 Å². The number of amides is 2. The van der Waals surface area contributed by atoms with Crippen LogP contribution in [0.3, 0.4) is 0 Å². The lowest BCUT2D eigenvalue weighted by Gasteiger charge is -2.16. The summed E-state index contributed by atoms with van der Waals surface area (Å²) in [5.74, 6) is -2.52. The zero-order valence-electron chi connectivity index (χ0n) is 14.2. The van der Waals surface area contributed by atoms with E-state index in [4.69, 9.17) is 15.2 Å². The molecule has 0 aliphatic rings. The van der Waals surface area contributed by atoms with Crippen LogP contribution in [0.2, 0.25) is 0 Å². The number of carbonyl (C=O) groups excluding carboxylic acids is 2. The van der Waals surface area contributed by atoms with Crippen LogP contribution in [0.5, 0.6) is 11.5 Å². The zero-order valence-corrected chi connectivity index (χ0v) is 14.2.